The summed E-state index contributed by atoms with van der Waals surface area (Å²) in [6.07, 6.45) is 0.805. The summed E-state index contributed by atoms with van der Waals surface area (Å²) in [4.78, 5) is 29.6. The van der Waals surface area contributed by atoms with Crippen LogP contribution in [0.3, 0.4) is 0 Å². The van der Waals surface area contributed by atoms with E-state index in [0.717, 1.165) is 33.7 Å². The van der Waals surface area contributed by atoms with Gasteiger partial charge in [-0.1, -0.05) is 60.6 Å². The van der Waals surface area contributed by atoms with Crippen molar-refractivity contribution in [1.29, 1.82) is 0 Å². The number of thioether (sulfide) groups is 1. The third kappa shape index (κ3) is 4.18. The molecule has 0 aliphatic carbocycles. The fourth-order valence-corrected chi connectivity index (χ4v) is 4.67. The number of aryl methyl sites for hydroxylation is 2. The molecule has 2 amide bonds. The molecule has 0 aromatic heterocycles. The number of halogens is 1. The quantitative estimate of drug-likeness (QED) is 0.424. The van der Waals surface area contributed by atoms with Crippen molar-refractivity contribution in [2.24, 2.45) is 0 Å². The molecule has 0 bridgehead atoms. The number of benzene rings is 3. The zero-order valence-corrected chi connectivity index (χ0v) is 19.7. The summed E-state index contributed by atoms with van der Waals surface area (Å²) < 4.78 is 0. The van der Waals surface area contributed by atoms with E-state index in [1.54, 1.807) is 12.1 Å². The van der Waals surface area contributed by atoms with Gasteiger partial charge in [0, 0.05) is 15.6 Å². The summed E-state index contributed by atoms with van der Waals surface area (Å²) in [7, 11) is 0. The van der Waals surface area contributed by atoms with Crippen molar-refractivity contribution in [3.8, 4) is 0 Å². The maximum absolute atomic E-state index is 13.6. The molecule has 32 heavy (non-hydrogen) atoms. The lowest BCUT2D eigenvalue weighted by Crippen LogP contribution is -2.33. The van der Waals surface area contributed by atoms with Gasteiger partial charge in [0.05, 0.1) is 5.69 Å². The maximum Gasteiger partial charge on any atom is 0.283 e. The molecule has 0 unspecified atom stereocenters. The normalized spacial score (nSPS) is 13.8. The van der Waals surface area contributed by atoms with Gasteiger partial charge in [-0.05, 0) is 73.4 Å². The van der Waals surface area contributed by atoms with Crippen molar-refractivity contribution < 1.29 is 9.59 Å². The number of nitrogens with one attached hydrogen (secondary N) is 1. The van der Waals surface area contributed by atoms with Crippen molar-refractivity contribution >= 4 is 46.6 Å². The van der Waals surface area contributed by atoms with Crippen LogP contribution >= 0.6 is 23.4 Å². The molecule has 4 nitrogen and oxygen atoms in total. The number of imide groups is 1. The minimum absolute atomic E-state index is 0.289. The predicted octanol–water partition coefficient (Wildman–Crippen LogP) is 6.51. The van der Waals surface area contributed by atoms with Crippen LogP contribution in [0, 0.1) is 13.8 Å². The fraction of sp³-hybridized carbons (Fsp3) is 0.154. The first-order valence-electron chi connectivity index (χ1n) is 10.4. The van der Waals surface area contributed by atoms with Gasteiger partial charge in [-0.3, -0.25) is 9.59 Å². The van der Waals surface area contributed by atoms with Crippen LogP contribution in [0.15, 0.2) is 82.2 Å². The maximum atomic E-state index is 13.6. The van der Waals surface area contributed by atoms with Gasteiger partial charge in [-0.15, -0.1) is 0 Å². The Labute approximate surface area is 197 Å². The van der Waals surface area contributed by atoms with Gasteiger partial charge in [0.15, 0.2) is 0 Å². The largest absolute Gasteiger partial charge is 0.350 e. The van der Waals surface area contributed by atoms with E-state index in [-0.39, 0.29) is 17.5 Å². The topological polar surface area (TPSA) is 49.4 Å². The van der Waals surface area contributed by atoms with Crippen LogP contribution in [-0.4, -0.2) is 11.8 Å². The van der Waals surface area contributed by atoms with Crippen LogP contribution in [0.4, 0.5) is 11.4 Å². The lowest BCUT2D eigenvalue weighted by Gasteiger charge is -2.19. The number of amides is 2. The van der Waals surface area contributed by atoms with Gasteiger partial charge >= 0.3 is 0 Å². The van der Waals surface area contributed by atoms with Gasteiger partial charge in [0.1, 0.15) is 10.6 Å². The number of carbonyl (C=O) groups excluding carboxylic acids is 2. The third-order valence-corrected chi connectivity index (χ3v) is 6.89. The van der Waals surface area contributed by atoms with Crippen LogP contribution in [0.1, 0.15) is 23.6 Å². The molecule has 0 radical (unpaired) electrons. The Kier molecular flexibility index (Phi) is 6.40. The zero-order valence-electron chi connectivity index (χ0n) is 18.1. The molecule has 6 heteroatoms. The smallest absolute Gasteiger partial charge is 0.283 e. The molecule has 3 aromatic rings. The van der Waals surface area contributed by atoms with E-state index in [1.807, 2.05) is 68.4 Å². The Morgan fingerprint density at radius 2 is 1.62 bits per heavy atom. The minimum atomic E-state index is -0.355. The fourth-order valence-electron chi connectivity index (χ4n) is 3.62. The van der Waals surface area contributed by atoms with Gasteiger partial charge in [0.25, 0.3) is 11.8 Å². The van der Waals surface area contributed by atoms with Crippen molar-refractivity contribution in [2.75, 3.05) is 10.2 Å². The molecule has 0 fully saturated rings. The first-order chi connectivity index (χ1) is 15.4. The second-order valence-corrected chi connectivity index (χ2v) is 9.08. The molecule has 1 heterocycles. The van der Waals surface area contributed by atoms with Crippen molar-refractivity contribution in [3.63, 3.8) is 0 Å². The van der Waals surface area contributed by atoms with Gasteiger partial charge in [-0.2, -0.15) is 0 Å². The number of para-hydroxylation sites is 1. The highest BCUT2D eigenvalue weighted by Gasteiger charge is 2.41. The molecule has 162 valence electrons. The van der Waals surface area contributed by atoms with Crippen LogP contribution < -0.4 is 10.2 Å². The lowest BCUT2D eigenvalue weighted by atomic mass is 10.1. The van der Waals surface area contributed by atoms with E-state index in [2.05, 4.69) is 12.2 Å². The zero-order chi connectivity index (χ0) is 22.8. The van der Waals surface area contributed by atoms with E-state index < -0.39 is 0 Å². The van der Waals surface area contributed by atoms with E-state index in [9.17, 15) is 9.59 Å². The van der Waals surface area contributed by atoms with Crippen molar-refractivity contribution in [2.45, 2.75) is 32.1 Å². The molecule has 1 N–H and O–H groups in total. The molecule has 1 aliphatic rings. The SMILES string of the molecule is CCc1ccccc1NC1=C(Sc2ccc(Cl)cc2)C(=O)N(c2cccc(C)c2C)C1=O. The van der Waals surface area contributed by atoms with Crippen LogP contribution in [0.25, 0.3) is 0 Å². The van der Waals surface area contributed by atoms with Crippen molar-refractivity contribution in [3.05, 3.63) is 99.0 Å². The summed E-state index contributed by atoms with van der Waals surface area (Å²) in [6, 6.07) is 20.7. The Morgan fingerprint density at radius 1 is 0.906 bits per heavy atom. The van der Waals surface area contributed by atoms with Gasteiger partial charge in [0.2, 0.25) is 0 Å². The minimum Gasteiger partial charge on any atom is -0.350 e. The number of nitrogens with zero attached hydrogens (tertiary/aromatic N) is 1. The predicted molar refractivity (Wildman–Crippen MR) is 132 cm³/mol. The van der Waals surface area contributed by atoms with Crippen LogP contribution in [0.5, 0.6) is 0 Å². The van der Waals surface area contributed by atoms with E-state index in [0.29, 0.717) is 15.6 Å². The summed E-state index contributed by atoms with van der Waals surface area (Å²) >= 11 is 7.29. The van der Waals surface area contributed by atoms with Gasteiger partial charge < -0.3 is 5.32 Å². The molecule has 3 aromatic carbocycles. The number of hydrogen-bond acceptors (Lipinski definition) is 4. The average molecular weight is 463 g/mol. The highest BCUT2D eigenvalue weighted by molar-refractivity contribution is 8.04. The van der Waals surface area contributed by atoms with Crippen LogP contribution in [-0.2, 0) is 16.0 Å². The first-order valence-corrected chi connectivity index (χ1v) is 11.6. The number of hydrogen-bond donors (Lipinski definition) is 1. The molecule has 0 saturated carbocycles. The van der Waals surface area contributed by atoms with Crippen LogP contribution in [0.2, 0.25) is 5.02 Å². The van der Waals surface area contributed by atoms with E-state index >= 15 is 0 Å². The molecule has 4 rings (SSSR count). The number of rotatable bonds is 6. The second kappa shape index (κ2) is 9.23. The summed E-state index contributed by atoms with van der Waals surface area (Å²) in [6.45, 7) is 5.95. The number of anilines is 2. The molecular formula is C26H23ClN2O2S. The molecule has 1 aliphatic heterocycles. The lowest BCUT2D eigenvalue weighted by molar-refractivity contribution is -0.120. The standard InChI is InChI=1S/C26H23ClN2O2S/c1-4-18-9-5-6-10-21(18)28-23-24(32-20-14-12-19(27)13-15-20)26(31)29(25(23)30)22-11-7-8-16(2)17(22)3/h5-15,28H,4H2,1-3H3. The van der Waals surface area contributed by atoms with E-state index in [4.69, 9.17) is 11.6 Å². The third-order valence-electron chi connectivity index (χ3n) is 5.55. The summed E-state index contributed by atoms with van der Waals surface area (Å²) in [5.41, 5.74) is 4.71. The van der Waals surface area contributed by atoms with Crippen molar-refractivity contribution in [1.82, 2.24) is 0 Å². The molecular weight excluding hydrogens is 440 g/mol. The Bertz CT molecular complexity index is 1230. The Hall–Kier alpha value is -3.02. The number of carbonyl (C=O) groups is 2. The molecule has 0 atom stereocenters. The average Bonchev–Trinajstić information content (AvgIpc) is 3.01. The Balaban J connectivity index is 1.80. The Morgan fingerprint density at radius 3 is 2.34 bits per heavy atom. The molecule has 0 saturated heterocycles. The first kappa shape index (κ1) is 22.2. The monoisotopic (exact) mass is 462 g/mol. The summed E-state index contributed by atoms with van der Waals surface area (Å²) in [5, 5.41) is 3.89. The highest BCUT2D eigenvalue weighted by Crippen LogP contribution is 2.39. The second-order valence-electron chi connectivity index (χ2n) is 7.56. The highest BCUT2D eigenvalue weighted by atomic mass is 35.5. The van der Waals surface area contributed by atoms with Gasteiger partial charge in [-0.25, -0.2) is 4.90 Å². The summed E-state index contributed by atoms with van der Waals surface area (Å²) in [5.74, 6) is -0.689. The molecule has 0 spiro atoms. The van der Waals surface area contributed by atoms with E-state index in [1.165, 1.54) is 16.7 Å².